The highest BCUT2D eigenvalue weighted by Gasteiger charge is 2.17. The number of hydrogen-bond acceptors (Lipinski definition) is 5. The largest absolute Gasteiger partial charge is 0.381 e. The van der Waals surface area contributed by atoms with Gasteiger partial charge in [-0.25, -0.2) is 9.97 Å². The van der Waals surface area contributed by atoms with E-state index in [-0.39, 0.29) is 0 Å². The standard InChI is InChI=1S/C11H15N3OS/c1-4-15-5-2-9(1)13-11-12-7-8-3-6-16-10(8)14-11/h7,9H,1-6H2,(H,12,13,14). The predicted molar refractivity (Wildman–Crippen MR) is 63.9 cm³/mol. The van der Waals surface area contributed by atoms with Crippen molar-refractivity contribution in [1.29, 1.82) is 0 Å². The highest BCUT2D eigenvalue weighted by molar-refractivity contribution is 7.99. The van der Waals surface area contributed by atoms with E-state index in [0.29, 0.717) is 6.04 Å². The molecule has 1 fully saturated rings. The normalized spacial score (nSPS) is 20.8. The quantitative estimate of drug-likeness (QED) is 0.794. The first-order valence-electron chi connectivity index (χ1n) is 5.75. The zero-order valence-corrected chi connectivity index (χ0v) is 9.92. The molecule has 1 saturated heterocycles. The van der Waals surface area contributed by atoms with Gasteiger partial charge in [-0.2, -0.15) is 0 Å². The van der Waals surface area contributed by atoms with Gasteiger partial charge in [0.25, 0.3) is 0 Å². The Morgan fingerprint density at radius 2 is 2.25 bits per heavy atom. The summed E-state index contributed by atoms with van der Waals surface area (Å²) in [7, 11) is 0. The van der Waals surface area contributed by atoms with Gasteiger partial charge in [0, 0.05) is 36.8 Å². The molecular formula is C11H15N3OS. The van der Waals surface area contributed by atoms with Crippen LogP contribution in [0.1, 0.15) is 18.4 Å². The second-order valence-electron chi connectivity index (χ2n) is 4.15. The van der Waals surface area contributed by atoms with Crippen molar-refractivity contribution in [1.82, 2.24) is 9.97 Å². The van der Waals surface area contributed by atoms with Crippen molar-refractivity contribution in [2.75, 3.05) is 24.3 Å². The Morgan fingerprint density at radius 1 is 1.38 bits per heavy atom. The Morgan fingerprint density at radius 3 is 3.12 bits per heavy atom. The molecule has 2 aliphatic heterocycles. The minimum Gasteiger partial charge on any atom is -0.381 e. The van der Waals surface area contributed by atoms with Crippen LogP contribution in [-0.4, -0.2) is 35.0 Å². The van der Waals surface area contributed by atoms with E-state index in [1.54, 1.807) is 0 Å². The SMILES string of the molecule is c1nc(NC2CCOCC2)nc2c1CCS2. The van der Waals surface area contributed by atoms with Gasteiger partial charge >= 0.3 is 0 Å². The molecule has 0 aromatic carbocycles. The van der Waals surface area contributed by atoms with E-state index in [9.17, 15) is 0 Å². The first-order valence-corrected chi connectivity index (χ1v) is 6.73. The van der Waals surface area contributed by atoms with Gasteiger partial charge in [-0.3, -0.25) is 0 Å². The number of anilines is 1. The Balaban J connectivity index is 1.69. The van der Waals surface area contributed by atoms with Crippen molar-refractivity contribution in [3.05, 3.63) is 11.8 Å². The number of aryl methyl sites for hydroxylation is 1. The van der Waals surface area contributed by atoms with Crippen molar-refractivity contribution in [3.8, 4) is 0 Å². The highest BCUT2D eigenvalue weighted by Crippen LogP contribution is 2.29. The van der Waals surface area contributed by atoms with E-state index in [4.69, 9.17) is 4.74 Å². The third-order valence-corrected chi connectivity index (χ3v) is 4.02. The first-order chi connectivity index (χ1) is 7.92. The number of thioether (sulfide) groups is 1. The van der Waals surface area contributed by atoms with Crippen LogP contribution in [0.25, 0.3) is 0 Å². The summed E-state index contributed by atoms with van der Waals surface area (Å²) in [5.41, 5.74) is 1.29. The number of hydrogen-bond donors (Lipinski definition) is 1. The van der Waals surface area contributed by atoms with Crippen molar-refractivity contribution < 1.29 is 4.74 Å². The zero-order valence-electron chi connectivity index (χ0n) is 9.11. The topological polar surface area (TPSA) is 47.0 Å². The van der Waals surface area contributed by atoms with Gasteiger partial charge in [0.2, 0.25) is 5.95 Å². The van der Waals surface area contributed by atoms with Crippen LogP contribution >= 0.6 is 11.8 Å². The number of nitrogens with zero attached hydrogens (tertiary/aromatic N) is 2. The van der Waals surface area contributed by atoms with Gasteiger partial charge in [-0.05, 0) is 19.3 Å². The average Bonchev–Trinajstić information content (AvgIpc) is 2.77. The summed E-state index contributed by atoms with van der Waals surface area (Å²) in [5, 5.41) is 4.55. The average molecular weight is 237 g/mol. The van der Waals surface area contributed by atoms with Crippen molar-refractivity contribution in [2.24, 2.45) is 0 Å². The number of fused-ring (bicyclic) bond motifs is 1. The van der Waals surface area contributed by atoms with Gasteiger partial charge < -0.3 is 10.1 Å². The van der Waals surface area contributed by atoms with Gasteiger partial charge in [-0.15, -0.1) is 11.8 Å². The molecule has 4 nitrogen and oxygen atoms in total. The molecule has 0 radical (unpaired) electrons. The third-order valence-electron chi connectivity index (χ3n) is 2.99. The molecule has 1 aromatic rings. The Labute approximate surface area is 99.2 Å². The third kappa shape index (κ3) is 2.15. The number of nitrogens with one attached hydrogen (secondary N) is 1. The van der Waals surface area contributed by atoms with Gasteiger partial charge in [0.15, 0.2) is 0 Å². The molecule has 1 N–H and O–H groups in total. The van der Waals surface area contributed by atoms with Gasteiger partial charge in [0.05, 0.1) is 0 Å². The Kier molecular flexibility index (Phi) is 2.97. The fourth-order valence-electron chi connectivity index (χ4n) is 2.04. The molecule has 0 unspecified atom stereocenters. The lowest BCUT2D eigenvalue weighted by Crippen LogP contribution is -2.28. The Bertz CT molecular complexity index is 379. The molecule has 1 aromatic heterocycles. The number of ether oxygens (including phenoxy) is 1. The van der Waals surface area contributed by atoms with E-state index in [1.165, 1.54) is 5.56 Å². The van der Waals surface area contributed by atoms with Gasteiger partial charge in [0.1, 0.15) is 5.03 Å². The molecule has 0 bridgehead atoms. The van der Waals surface area contributed by atoms with E-state index >= 15 is 0 Å². The molecule has 0 amide bonds. The van der Waals surface area contributed by atoms with Crippen molar-refractivity contribution >= 4 is 17.7 Å². The van der Waals surface area contributed by atoms with Gasteiger partial charge in [-0.1, -0.05) is 0 Å². The summed E-state index contributed by atoms with van der Waals surface area (Å²) in [6, 6.07) is 0.471. The lowest BCUT2D eigenvalue weighted by atomic mass is 10.1. The molecule has 0 spiro atoms. The molecule has 86 valence electrons. The summed E-state index contributed by atoms with van der Waals surface area (Å²) < 4.78 is 5.33. The first kappa shape index (κ1) is 10.4. The van der Waals surface area contributed by atoms with E-state index in [0.717, 1.165) is 49.2 Å². The van der Waals surface area contributed by atoms with E-state index in [2.05, 4.69) is 15.3 Å². The van der Waals surface area contributed by atoms with Crippen LogP contribution < -0.4 is 5.32 Å². The Hall–Kier alpha value is -0.810. The molecule has 0 saturated carbocycles. The van der Waals surface area contributed by atoms with Crippen LogP contribution in [0.2, 0.25) is 0 Å². The summed E-state index contributed by atoms with van der Waals surface area (Å²) in [5.74, 6) is 1.92. The summed E-state index contributed by atoms with van der Waals surface area (Å²) >= 11 is 1.83. The second kappa shape index (κ2) is 4.59. The lowest BCUT2D eigenvalue weighted by molar-refractivity contribution is 0.0903. The fraction of sp³-hybridized carbons (Fsp3) is 0.636. The summed E-state index contributed by atoms with van der Waals surface area (Å²) in [6.45, 7) is 1.69. The molecule has 2 aliphatic rings. The van der Waals surface area contributed by atoms with E-state index < -0.39 is 0 Å². The maximum atomic E-state index is 5.33. The monoisotopic (exact) mass is 237 g/mol. The minimum atomic E-state index is 0.471. The summed E-state index contributed by atoms with van der Waals surface area (Å²) in [6.07, 6.45) is 5.17. The minimum absolute atomic E-state index is 0.471. The predicted octanol–water partition coefficient (Wildman–Crippen LogP) is 1.72. The molecule has 3 rings (SSSR count). The van der Waals surface area contributed by atoms with Crippen LogP contribution in [0.5, 0.6) is 0 Å². The maximum Gasteiger partial charge on any atom is 0.223 e. The van der Waals surface area contributed by atoms with Crippen LogP contribution in [0.4, 0.5) is 5.95 Å². The molecule has 5 heteroatoms. The molecule has 3 heterocycles. The highest BCUT2D eigenvalue weighted by atomic mass is 32.2. The van der Waals surface area contributed by atoms with Crippen molar-refractivity contribution in [2.45, 2.75) is 30.3 Å². The number of rotatable bonds is 2. The summed E-state index contributed by atoms with van der Waals surface area (Å²) in [4.78, 5) is 8.92. The fourth-order valence-corrected chi connectivity index (χ4v) is 3.05. The van der Waals surface area contributed by atoms with Crippen LogP contribution in [0.15, 0.2) is 11.2 Å². The molecule has 16 heavy (non-hydrogen) atoms. The molecule has 0 aliphatic carbocycles. The smallest absolute Gasteiger partial charge is 0.223 e. The van der Waals surface area contributed by atoms with Crippen molar-refractivity contribution in [3.63, 3.8) is 0 Å². The maximum absolute atomic E-state index is 5.33. The van der Waals surface area contributed by atoms with Crippen LogP contribution in [0.3, 0.4) is 0 Å². The van der Waals surface area contributed by atoms with Crippen LogP contribution in [-0.2, 0) is 11.2 Å². The van der Waals surface area contributed by atoms with Crippen LogP contribution in [0, 0.1) is 0 Å². The zero-order chi connectivity index (χ0) is 10.8. The second-order valence-corrected chi connectivity index (χ2v) is 5.24. The number of aromatic nitrogens is 2. The molecular weight excluding hydrogens is 222 g/mol. The lowest BCUT2D eigenvalue weighted by Gasteiger charge is -2.23. The van der Waals surface area contributed by atoms with E-state index in [1.807, 2.05) is 18.0 Å². The molecule has 0 atom stereocenters.